The van der Waals surface area contributed by atoms with E-state index in [9.17, 15) is 4.79 Å². The number of carbonyl (C=O) groups is 1. The Kier molecular flexibility index (Phi) is 6.43. The fourth-order valence-corrected chi connectivity index (χ4v) is 3.57. The molecule has 1 aromatic heterocycles. The van der Waals surface area contributed by atoms with Gasteiger partial charge in [-0.05, 0) is 42.8 Å². The van der Waals surface area contributed by atoms with Crippen LogP contribution in [0.2, 0.25) is 0 Å². The molecule has 5 heteroatoms. The minimum Gasteiger partial charge on any atom is -0.462 e. The lowest BCUT2D eigenvalue weighted by molar-refractivity contribution is 0.0527. The van der Waals surface area contributed by atoms with Gasteiger partial charge in [0.1, 0.15) is 11.3 Å². The fraction of sp³-hybridized carbons (Fsp3) is 0.0769. The van der Waals surface area contributed by atoms with Gasteiger partial charge < -0.3 is 4.74 Å². The van der Waals surface area contributed by atoms with Crippen LogP contribution in [-0.2, 0) is 4.74 Å². The molecule has 0 bridgehead atoms. The van der Waals surface area contributed by atoms with Crippen LogP contribution in [-0.4, -0.2) is 22.4 Å². The zero-order valence-electron chi connectivity index (χ0n) is 17.0. The first kappa shape index (κ1) is 20.8. The highest BCUT2D eigenvalue weighted by atomic mass is 79.9. The van der Waals surface area contributed by atoms with Gasteiger partial charge in [0.25, 0.3) is 0 Å². The highest BCUT2D eigenvalue weighted by Crippen LogP contribution is 2.30. The Bertz CT molecular complexity index is 1200. The van der Waals surface area contributed by atoms with E-state index in [2.05, 4.69) is 15.9 Å². The minimum atomic E-state index is -0.393. The van der Waals surface area contributed by atoms with Gasteiger partial charge in [-0.3, -0.25) is 0 Å². The summed E-state index contributed by atoms with van der Waals surface area (Å²) in [5, 5.41) is 4.85. The SMILES string of the molecule is CCOC(=O)c1c(-c2ccc(Br)cc2)nn(-c2ccccc2)c1/C=C/c1ccccc1. The van der Waals surface area contributed by atoms with Gasteiger partial charge in [0.05, 0.1) is 18.0 Å². The molecule has 0 saturated carbocycles. The molecular formula is C26H21BrN2O2. The number of carbonyl (C=O) groups excluding carboxylic acids is 1. The van der Waals surface area contributed by atoms with Gasteiger partial charge in [-0.15, -0.1) is 0 Å². The molecule has 0 fully saturated rings. The number of ether oxygens (including phenoxy) is 1. The molecule has 0 saturated heterocycles. The molecule has 31 heavy (non-hydrogen) atoms. The van der Waals surface area contributed by atoms with Crippen LogP contribution in [0.3, 0.4) is 0 Å². The van der Waals surface area contributed by atoms with Crippen LogP contribution < -0.4 is 0 Å². The molecular weight excluding hydrogens is 452 g/mol. The third-order valence-electron chi connectivity index (χ3n) is 4.75. The Morgan fingerprint density at radius 3 is 2.23 bits per heavy atom. The molecule has 0 amide bonds. The van der Waals surface area contributed by atoms with Crippen LogP contribution in [0.4, 0.5) is 0 Å². The molecule has 154 valence electrons. The van der Waals surface area contributed by atoms with Gasteiger partial charge in [0.15, 0.2) is 0 Å². The van der Waals surface area contributed by atoms with E-state index >= 15 is 0 Å². The second-order valence-corrected chi connectivity index (χ2v) is 7.74. The van der Waals surface area contributed by atoms with E-state index < -0.39 is 5.97 Å². The highest BCUT2D eigenvalue weighted by Gasteiger charge is 2.25. The molecule has 0 aliphatic carbocycles. The number of nitrogens with zero attached hydrogens (tertiary/aromatic N) is 2. The molecule has 0 aliphatic rings. The summed E-state index contributed by atoms with van der Waals surface area (Å²) in [7, 11) is 0. The van der Waals surface area contributed by atoms with Crippen molar-refractivity contribution in [2.24, 2.45) is 0 Å². The molecule has 1 heterocycles. The Hall–Kier alpha value is -3.44. The maximum Gasteiger partial charge on any atom is 0.342 e. The van der Waals surface area contributed by atoms with E-state index in [4.69, 9.17) is 9.84 Å². The largest absolute Gasteiger partial charge is 0.462 e. The average molecular weight is 473 g/mol. The predicted molar refractivity (Wildman–Crippen MR) is 128 cm³/mol. The molecule has 0 aliphatic heterocycles. The molecule has 4 nitrogen and oxygen atoms in total. The standard InChI is InChI=1S/C26H21BrN2O2/c1-2-31-26(30)24-23(18-13-19-9-5-3-6-10-19)29(22-11-7-4-8-12-22)28-25(24)20-14-16-21(27)17-15-20/h3-18H,2H2,1H3/b18-13+. The number of hydrogen-bond acceptors (Lipinski definition) is 3. The summed E-state index contributed by atoms with van der Waals surface area (Å²) < 4.78 is 8.17. The van der Waals surface area contributed by atoms with E-state index in [1.807, 2.05) is 97.1 Å². The Balaban J connectivity index is 1.95. The quantitative estimate of drug-likeness (QED) is 0.295. The number of aromatic nitrogens is 2. The predicted octanol–water partition coefficient (Wildman–Crippen LogP) is 6.65. The summed E-state index contributed by atoms with van der Waals surface area (Å²) in [6.07, 6.45) is 3.90. The molecule has 4 aromatic rings. The second-order valence-electron chi connectivity index (χ2n) is 6.83. The number of hydrogen-bond donors (Lipinski definition) is 0. The summed E-state index contributed by atoms with van der Waals surface area (Å²) >= 11 is 3.47. The summed E-state index contributed by atoms with van der Waals surface area (Å²) in [5.74, 6) is -0.393. The summed E-state index contributed by atoms with van der Waals surface area (Å²) in [4.78, 5) is 13.1. The minimum absolute atomic E-state index is 0.289. The van der Waals surface area contributed by atoms with Gasteiger partial charge in [0, 0.05) is 10.0 Å². The normalized spacial score (nSPS) is 11.0. The van der Waals surface area contributed by atoms with Gasteiger partial charge in [-0.2, -0.15) is 5.10 Å². The van der Waals surface area contributed by atoms with Crippen LogP contribution in [0, 0.1) is 0 Å². The van der Waals surface area contributed by atoms with Gasteiger partial charge in [-0.1, -0.05) is 82.7 Å². The topological polar surface area (TPSA) is 44.1 Å². The number of esters is 1. The van der Waals surface area contributed by atoms with Crippen LogP contribution in [0.1, 0.15) is 28.5 Å². The summed E-state index contributed by atoms with van der Waals surface area (Å²) in [6, 6.07) is 27.5. The molecule has 0 spiro atoms. The number of para-hydroxylation sites is 1. The smallest absolute Gasteiger partial charge is 0.342 e. The third kappa shape index (κ3) is 4.67. The van der Waals surface area contributed by atoms with Crippen molar-refractivity contribution in [3.8, 4) is 16.9 Å². The Morgan fingerprint density at radius 1 is 0.935 bits per heavy atom. The lowest BCUT2D eigenvalue weighted by Crippen LogP contribution is -2.08. The molecule has 0 unspecified atom stereocenters. The highest BCUT2D eigenvalue weighted by molar-refractivity contribution is 9.10. The second kappa shape index (κ2) is 9.58. The third-order valence-corrected chi connectivity index (χ3v) is 5.28. The first-order chi connectivity index (χ1) is 15.2. The molecule has 0 atom stereocenters. The van der Waals surface area contributed by atoms with Crippen molar-refractivity contribution in [2.45, 2.75) is 6.92 Å². The molecule has 0 N–H and O–H groups in total. The van der Waals surface area contributed by atoms with Crippen molar-refractivity contribution in [1.29, 1.82) is 0 Å². The number of rotatable bonds is 6. The van der Waals surface area contributed by atoms with Crippen LogP contribution in [0.5, 0.6) is 0 Å². The van der Waals surface area contributed by atoms with Crippen molar-refractivity contribution in [3.05, 3.63) is 106 Å². The van der Waals surface area contributed by atoms with E-state index in [0.717, 1.165) is 21.3 Å². The van der Waals surface area contributed by atoms with Crippen LogP contribution >= 0.6 is 15.9 Å². The maximum atomic E-state index is 13.1. The van der Waals surface area contributed by atoms with Crippen molar-refractivity contribution >= 4 is 34.1 Å². The van der Waals surface area contributed by atoms with E-state index in [-0.39, 0.29) is 6.61 Å². The molecule has 4 rings (SSSR count). The van der Waals surface area contributed by atoms with Gasteiger partial charge >= 0.3 is 5.97 Å². The van der Waals surface area contributed by atoms with Crippen molar-refractivity contribution in [3.63, 3.8) is 0 Å². The van der Waals surface area contributed by atoms with Crippen LogP contribution in [0.15, 0.2) is 89.4 Å². The van der Waals surface area contributed by atoms with Crippen LogP contribution in [0.25, 0.3) is 29.1 Å². The Morgan fingerprint density at radius 2 is 1.58 bits per heavy atom. The van der Waals surface area contributed by atoms with Crippen molar-refractivity contribution in [2.75, 3.05) is 6.61 Å². The molecule has 0 radical (unpaired) electrons. The zero-order valence-corrected chi connectivity index (χ0v) is 18.6. The van der Waals surface area contributed by atoms with E-state index in [1.165, 1.54) is 0 Å². The first-order valence-electron chi connectivity index (χ1n) is 10.0. The van der Waals surface area contributed by atoms with E-state index in [0.29, 0.717) is 17.0 Å². The average Bonchev–Trinajstić information content (AvgIpc) is 3.19. The first-order valence-corrected chi connectivity index (χ1v) is 10.8. The lowest BCUT2D eigenvalue weighted by Gasteiger charge is -2.06. The summed E-state index contributed by atoms with van der Waals surface area (Å²) in [6.45, 7) is 2.09. The van der Waals surface area contributed by atoms with Crippen molar-refractivity contribution in [1.82, 2.24) is 9.78 Å². The molecule has 3 aromatic carbocycles. The monoisotopic (exact) mass is 472 g/mol. The fourth-order valence-electron chi connectivity index (χ4n) is 3.30. The maximum absolute atomic E-state index is 13.1. The van der Waals surface area contributed by atoms with E-state index in [1.54, 1.807) is 11.6 Å². The number of halogens is 1. The van der Waals surface area contributed by atoms with Gasteiger partial charge in [0.2, 0.25) is 0 Å². The number of benzene rings is 3. The van der Waals surface area contributed by atoms with Gasteiger partial charge in [-0.25, -0.2) is 9.48 Å². The Labute approximate surface area is 189 Å². The lowest BCUT2D eigenvalue weighted by atomic mass is 10.0. The van der Waals surface area contributed by atoms with Crippen molar-refractivity contribution < 1.29 is 9.53 Å². The summed E-state index contributed by atoms with van der Waals surface area (Å²) in [5.41, 5.74) is 4.44. The zero-order chi connectivity index (χ0) is 21.6.